The van der Waals surface area contributed by atoms with Crippen molar-refractivity contribution in [1.82, 2.24) is 9.88 Å². The first-order valence-electron chi connectivity index (χ1n) is 13.2. The number of ether oxygens (including phenoxy) is 1. The summed E-state index contributed by atoms with van der Waals surface area (Å²) in [7, 11) is -1.20. The molecule has 0 bridgehead atoms. The molecule has 1 heterocycles. The van der Waals surface area contributed by atoms with Crippen molar-refractivity contribution in [3.05, 3.63) is 82.9 Å². The van der Waals surface area contributed by atoms with Crippen LogP contribution in [0.2, 0.25) is 0 Å². The molecule has 0 saturated carbocycles. The second kappa shape index (κ2) is 13.3. The van der Waals surface area contributed by atoms with E-state index in [4.69, 9.17) is 4.74 Å². The van der Waals surface area contributed by atoms with Gasteiger partial charge in [-0.15, -0.1) is 0 Å². The van der Waals surface area contributed by atoms with Crippen LogP contribution in [0.4, 0.5) is 4.39 Å². The quantitative estimate of drug-likeness (QED) is 0.224. The zero-order chi connectivity index (χ0) is 27.1. The molecule has 0 amide bonds. The fourth-order valence-electron chi connectivity index (χ4n) is 4.84. The number of pyridine rings is 1. The minimum Gasteiger partial charge on any atom is -0.489 e. The molecular formula is C31H41FN2O2P+. The lowest BCUT2D eigenvalue weighted by Crippen LogP contribution is -2.36. The molecule has 3 rings (SSSR count). The molecule has 0 N–H and O–H groups in total. The Labute approximate surface area is 223 Å². The van der Waals surface area contributed by atoms with Crippen molar-refractivity contribution in [2.45, 2.75) is 79.1 Å². The number of nitrogens with zero attached hydrogens (tertiary/aromatic N) is 2. The van der Waals surface area contributed by atoms with Gasteiger partial charge < -0.3 is 4.74 Å². The van der Waals surface area contributed by atoms with Crippen LogP contribution in [0.5, 0.6) is 5.75 Å². The van der Waals surface area contributed by atoms with Gasteiger partial charge in [-0.3, -0.25) is 9.88 Å². The Balaban J connectivity index is 1.91. The van der Waals surface area contributed by atoms with Gasteiger partial charge in [0.05, 0.1) is 6.20 Å². The molecule has 0 saturated heterocycles. The van der Waals surface area contributed by atoms with E-state index < -0.39 is 7.80 Å². The maximum atomic E-state index is 14.9. The van der Waals surface area contributed by atoms with E-state index in [-0.39, 0.29) is 11.7 Å². The highest BCUT2D eigenvalue weighted by Gasteiger charge is 2.20. The van der Waals surface area contributed by atoms with Crippen LogP contribution < -0.4 is 4.74 Å². The second-order valence-corrected chi connectivity index (χ2v) is 12.1. The molecule has 0 spiro atoms. The van der Waals surface area contributed by atoms with Crippen LogP contribution in [0.3, 0.4) is 0 Å². The lowest BCUT2D eigenvalue weighted by Gasteiger charge is -2.31. The number of aryl methyl sites for hydroxylation is 1. The summed E-state index contributed by atoms with van der Waals surface area (Å²) in [6.45, 7) is 15.7. The van der Waals surface area contributed by atoms with Crippen LogP contribution in [-0.4, -0.2) is 34.8 Å². The van der Waals surface area contributed by atoms with E-state index in [9.17, 15) is 8.96 Å². The molecule has 3 aromatic rings. The van der Waals surface area contributed by atoms with Gasteiger partial charge in [0.1, 0.15) is 24.8 Å². The molecular weight excluding hydrogens is 482 g/mol. The summed E-state index contributed by atoms with van der Waals surface area (Å²) < 4.78 is 32.9. The van der Waals surface area contributed by atoms with E-state index in [1.807, 2.05) is 37.3 Å². The number of benzene rings is 2. The summed E-state index contributed by atoms with van der Waals surface area (Å²) >= 11 is 0. The van der Waals surface area contributed by atoms with E-state index >= 15 is 0 Å². The highest BCUT2D eigenvalue weighted by Crippen LogP contribution is 2.32. The smallest absolute Gasteiger partial charge is 0.336 e. The van der Waals surface area contributed by atoms with Gasteiger partial charge >= 0.3 is 7.80 Å². The zero-order valence-electron chi connectivity index (χ0n) is 23.3. The Morgan fingerprint density at radius 2 is 1.76 bits per heavy atom. The van der Waals surface area contributed by atoms with Gasteiger partial charge in [0.2, 0.25) is 0 Å². The maximum absolute atomic E-state index is 14.9. The minimum atomic E-state index is -1.20. The fourth-order valence-corrected chi connectivity index (χ4v) is 5.93. The summed E-state index contributed by atoms with van der Waals surface area (Å²) in [5.74, 6) is 0.752. The molecule has 6 heteroatoms. The van der Waals surface area contributed by atoms with E-state index in [0.29, 0.717) is 37.0 Å². The van der Waals surface area contributed by atoms with Gasteiger partial charge in [0, 0.05) is 35.8 Å². The van der Waals surface area contributed by atoms with Crippen molar-refractivity contribution < 1.29 is 13.7 Å². The van der Waals surface area contributed by atoms with Gasteiger partial charge in [-0.2, -0.15) is 0 Å². The number of hydrogen-bond donors (Lipinski definition) is 0. The van der Waals surface area contributed by atoms with Crippen molar-refractivity contribution in [1.29, 1.82) is 0 Å². The number of hydrogen-bond acceptors (Lipinski definition) is 4. The Morgan fingerprint density at radius 1 is 1.03 bits per heavy atom. The Morgan fingerprint density at radius 3 is 2.41 bits per heavy atom. The average Bonchev–Trinajstić information content (AvgIpc) is 2.85. The zero-order valence-corrected chi connectivity index (χ0v) is 24.2. The third kappa shape index (κ3) is 7.93. The molecule has 2 atom stereocenters. The van der Waals surface area contributed by atoms with Gasteiger partial charge in [0.25, 0.3) is 0 Å². The molecule has 37 heavy (non-hydrogen) atoms. The predicted molar refractivity (Wildman–Crippen MR) is 152 cm³/mol. The monoisotopic (exact) mass is 523 g/mol. The minimum absolute atomic E-state index is 0.264. The average molecular weight is 524 g/mol. The summed E-state index contributed by atoms with van der Waals surface area (Å²) in [4.78, 5) is 6.52. The fraction of sp³-hybridized carbons (Fsp3) is 0.452. The van der Waals surface area contributed by atoms with E-state index in [1.54, 1.807) is 6.66 Å². The van der Waals surface area contributed by atoms with Crippen molar-refractivity contribution in [3.63, 3.8) is 0 Å². The highest BCUT2D eigenvalue weighted by atomic mass is 31.1. The predicted octanol–water partition coefficient (Wildman–Crippen LogP) is 8.34. The molecule has 0 aliphatic carbocycles. The van der Waals surface area contributed by atoms with Gasteiger partial charge in [-0.25, -0.2) is 4.39 Å². The Kier molecular flexibility index (Phi) is 10.4. The van der Waals surface area contributed by atoms with Gasteiger partial charge in [0.15, 0.2) is 6.16 Å². The molecule has 0 aliphatic rings. The molecule has 2 aromatic carbocycles. The van der Waals surface area contributed by atoms with Crippen molar-refractivity contribution in [2.24, 2.45) is 0 Å². The van der Waals surface area contributed by atoms with Crippen LogP contribution in [0.15, 0.2) is 54.7 Å². The highest BCUT2D eigenvalue weighted by molar-refractivity contribution is 7.43. The number of halogens is 1. The first-order chi connectivity index (χ1) is 17.6. The lowest BCUT2D eigenvalue weighted by molar-refractivity contribution is 0.166. The molecule has 0 radical (unpaired) electrons. The van der Waals surface area contributed by atoms with Gasteiger partial charge in [-0.1, -0.05) is 41.8 Å². The third-order valence-corrected chi connectivity index (χ3v) is 7.79. The summed E-state index contributed by atoms with van der Waals surface area (Å²) in [5.41, 5.74) is 5.52. The molecule has 0 aliphatic heterocycles. The SMILES string of the molecule is CCC(C[P+](C)=O)c1cccc(OCc2ccc(-c3cc(C)ncc3F)c(CN(C(C)C)C(C)C)c2)c1. The number of rotatable bonds is 12. The Bertz CT molecular complexity index is 1200. The van der Waals surface area contributed by atoms with E-state index in [1.165, 1.54) is 6.20 Å². The van der Waals surface area contributed by atoms with Gasteiger partial charge in [-0.05, 0) is 81.5 Å². The first-order valence-corrected chi connectivity index (χ1v) is 15.1. The molecule has 2 unspecified atom stereocenters. The van der Waals surface area contributed by atoms with Crippen LogP contribution in [-0.2, 0) is 17.7 Å². The van der Waals surface area contributed by atoms with Crippen molar-refractivity contribution in [3.8, 4) is 16.9 Å². The maximum Gasteiger partial charge on any atom is 0.336 e. The summed E-state index contributed by atoms with van der Waals surface area (Å²) in [5, 5.41) is 0. The van der Waals surface area contributed by atoms with Crippen LogP contribution >= 0.6 is 7.80 Å². The van der Waals surface area contributed by atoms with E-state index in [2.05, 4.69) is 62.7 Å². The second-order valence-electron chi connectivity index (χ2n) is 10.4. The molecule has 0 fully saturated rings. The molecule has 4 nitrogen and oxygen atoms in total. The van der Waals surface area contributed by atoms with Crippen LogP contribution in [0, 0.1) is 12.7 Å². The summed E-state index contributed by atoms with van der Waals surface area (Å²) in [6, 6.07) is 16.8. The third-order valence-electron chi connectivity index (χ3n) is 6.84. The molecule has 198 valence electrons. The number of aromatic nitrogens is 1. The topological polar surface area (TPSA) is 42.4 Å². The lowest BCUT2D eigenvalue weighted by atomic mass is 9.96. The normalized spacial score (nSPS) is 12.9. The van der Waals surface area contributed by atoms with Crippen LogP contribution in [0.1, 0.15) is 69.3 Å². The standard InChI is InChI=1S/C31H41FN2O2P/c1-8-25(20-37(7)35)26-10-9-11-28(16-26)36-19-24-12-13-29(30-14-23(6)33-17-31(30)32)27(15-24)18-34(21(2)3)22(4)5/h9-17,21-22,25H,8,18-20H2,1-7H3/q+1. The van der Waals surface area contributed by atoms with Crippen molar-refractivity contribution >= 4 is 7.80 Å². The van der Waals surface area contributed by atoms with E-state index in [0.717, 1.165) is 40.1 Å². The largest absolute Gasteiger partial charge is 0.489 e. The Hall–Kier alpha value is -2.62. The molecule has 1 aromatic heterocycles. The first kappa shape index (κ1) is 28.9. The van der Waals surface area contributed by atoms with Crippen LogP contribution in [0.25, 0.3) is 11.1 Å². The van der Waals surface area contributed by atoms with Crippen molar-refractivity contribution in [2.75, 3.05) is 12.8 Å². The summed E-state index contributed by atoms with van der Waals surface area (Å²) in [6.07, 6.45) is 2.93.